The summed E-state index contributed by atoms with van der Waals surface area (Å²) in [5.74, 6) is -0.0956. The molecule has 0 unspecified atom stereocenters. The molecule has 2 N–H and O–H groups in total. The molecular formula is C14H16N2O2. The molecule has 1 aromatic rings. The second kappa shape index (κ2) is 3.83. The SMILES string of the molecule is NC(=O)C12CC(CN(Cc3ccccc3)C1=O)C2. The van der Waals surface area contributed by atoms with Crippen LogP contribution in [0.1, 0.15) is 18.4 Å². The highest BCUT2D eigenvalue weighted by molar-refractivity contribution is 6.06. The smallest absolute Gasteiger partial charge is 0.238 e. The summed E-state index contributed by atoms with van der Waals surface area (Å²) in [7, 11) is 0. The highest BCUT2D eigenvalue weighted by Gasteiger charge is 2.60. The molecular weight excluding hydrogens is 228 g/mol. The number of hydrogen-bond acceptors (Lipinski definition) is 2. The molecule has 2 bridgehead atoms. The number of rotatable bonds is 3. The van der Waals surface area contributed by atoms with Gasteiger partial charge in [-0.25, -0.2) is 0 Å². The van der Waals surface area contributed by atoms with E-state index < -0.39 is 11.3 Å². The van der Waals surface area contributed by atoms with Crippen molar-refractivity contribution in [1.29, 1.82) is 0 Å². The van der Waals surface area contributed by atoms with Gasteiger partial charge in [0.1, 0.15) is 5.41 Å². The van der Waals surface area contributed by atoms with Crippen molar-refractivity contribution in [3.63, 3.8) is 0 Å². The lowest BCUT2D eigenvalue weighted by Gasteiger charge is -2.53. The van der Waals surface area contributed by atoms with Gasteiger partial charge in [0, 0.05) is 13.1 Å². The van der Waals surface area contributed by atoms with Crippen LogP contribution in [0.25, 0.3) is 0 Å². The molecule has 4 heteroatoms. The zero-order valence-electron chi connectivity index (χ0n) is 10.1. The van der Waals surface area contributed by atoms with Crippen molar-refractivity contribution in [1.82, 2.24) is 4.90 Å². The van der Waals surface area contributed by atoms with Gasteiger partial charge in [0.15, 0.2) is 0 Å². The third-order valence-electron chi connectivity index (χ3n) is 4.14. The van der Waals surface area contributed by atoms with Crippen LogP contribution in [0.4, 0.5) is 0 Å². The Labute approximate surface area is 106 Å². The lowest BCUT2D eigenvalue weighted by molar-refractivity contribution is -0.171. The molecule has 1 aromatic carbocycles. The summed E-state index contributed by atoms with van der Waals surface area (Å²) in [5, 5.41) is 0. The van der Waals surface area contributed by atoms with Crippen LogP contribution in [0.15, 0.2) is 30.3 Å². The summed E-state index contributed by atoms with van der Waals surface area (Å²) in [6.45, 7) is 1.33. The van der Waals surface area contributed by atoms with Gasteiger partial charge in [-0.2, -0.15) is 0 Å². The first-order chi connectivity index (χ1) is 8.62. The minimum Gasteiger partial charge on any atom is -0.369 e. The number of carbonyl (C=O) groups is 2. The number of carbonyl (C=O) groups excluding carboxylic acids is 2. The van der Waals surface area contributed by atoms with E-state index in [2.05, 4.69) is 0 Å². The van der Waals surface area contributed by atoms with Crippen molar-refractivity contribution < 1.29 is 9.59 Å². The van der Waals surface area contributed by atoms with Gasteiger partial charge in [-0.1, -0.05) is 30.3 Å². The Morgan fingerprint density at radius 1 is 1.33 bits per heavy atom. The van der Waals surface area contributed by atoms with Crippen LogP contribution in [0.5, 0.6) is 0 Å². The van der Waals surface area contributed by atoms with Gasteiger partial charge in [-0.3, -0.25) is 9.59 Å². The van der Waals surface area contributed by atoms with Gasteiger partial charge in [0.25, 0.3) is 0 Å². The molecule has 2 saturated heterocycles. The number of primary amides is 1. The van der Waals surface area contributed by atoms with E-state index in [-0.39, 0.29) is 5.91 Å². The number of fused-ring (bicyclic) bond motifs is 2. The third kappa shape index (κ3) is 1.52. The maximum Gasteiger partial charge on any atom is 0.238 e. The van der Waals surface area contributed by atoms with Crippen molar-refractivity contribution in [2.24, 2.45) is 17.1 Å². The van der Waals surface area contributed by atoms with E-state index in [1.807, 2.05) is 30.3 Å². The zero-order valence-corrected chi connectivity index (χ0v) is 10.1. The Bertz CT molecular complexity index is 492. The van der Waals surface area contributed by atoms with E-state index in [1.54, 1.807) is 4.90 Å². The van der Waals surface area contributed by atoms with Crippen molar-refractivity contribution in [2.45, 2.75) is 19.4 Å². The lowest BCUT2D eigenvalue weighted by Crippen LogP contribution is -2.64. The van der Waals surface area contributed by atoms with Gasteiger partial charge in [0.05, 0.1) is 0 Å². The van der Waals surface area contributed by atoms with Gasteiger partial charge in [0.2, 0.25) is 11.8 Å². The Kier molecular flexibility index (Phi) is 2.40. The van der Waals surface area contributed by atoms with Crippen LogP contribution in [0.3, 0.4) is 0 Å². The second-order valence-corrected chi connectivity index (χ2v) is 5.39. The van der Waals surface area contributed by atoms with E-state index in [0.29, 0.717) is 25.3 Å². The summed E-state index contributed by atoms with van der Waals surface area (Å²) < 4.78 is 0. The fourth-order valence-corrected chi connectivity index (χ4v) is 3.17. The van der Waals surface area contributed by atoms with Gasteiger partial charge < -0.3 is 10.6 Å². The third-order valence-corrected chi connectivity index (χ3v) is 4.14. The lowest BCUT2D eigenvalue weighted by atomic mass is 9.57. The Balaban J connectivity index is 1.79. The number of piperidine rings is 2. The molecule has 3 aliphatic rings. The summed E-state index contributed by atoms with van der Waals surface area (Å²) in [4.78, 5) is 25.6. The number of hydrogen-bond donors (Lipinski definition) is 1. The number of nitrogens with zero attached hydrogens (tertiary/aromatic N) is 1. The van der Waals surface area contributed by atoms with Crippen LogP contribution in [-0.2, 0) is 16.1 Å². The summed E-state index contributed by atoms with van der Waals surface area (Å²) in [6.07, 6.45) is 1.29. The number of benzene rings is 1. The number of nitrogens with two attached hydrogens (primary N) is 1. The van der Waals surface area contributed by atoms with Gasteiger partial charge in [-0.15, -0.1) is 0 Å². The van der Waals surface area contributed by atoms with Crippen molar-refractivity contribution >= 4 is 11.8 Å². The monoisotopic (exact) mass is 244 g/mol. The maximum absolute atomic E-state index is 12.4. The van der Waals surface area contributed by atoms with Crippen molar-refractivity contribution in [2.75, 3.05) is 6.54 Å². The second-order valence-electron chi connectivity index (χ2n) is 5.39. The van der Waals surface area contributed by atoms with Crippen LogP contribution in [0, 0.1) is 11.3 Å². The molecule has 18 heavy (non-hydrogen) atoms. The van der Waals surface area contributed by atoms with Crippen LogP contribution < -0.4 is 5.73 Å². The molecule has 94 valence electrons. The summed E-state index contributed by atoms with van der Waals surface area (Å²) in [5.41, 5.74) is 5.60. The predicted molar refractivity (Wildman–Crippen MR) is 66.2 cm³/mol. The minimum absolute atomic E-state index is 0.0821. The Morgan fingerprint density at radius 3 is 2.61 bits per heavy atom. The molecule has 2 aliphatic heterocycles. The maximum atomic E-state index is 12.4. The van der Waals surface area contributed by atoms with E-state index >= 15 is 0 Å². The Morgan fingerprint density at radius 2 is 2.00 bits per heavy atom. The first-order valence-corrected chi connectivity index (χ1v) is 6.25. The molecule has 3 fully saturated rings. The average Bonchev–Trinajstić information content (AvgIpc) is 2.31. The predicted octanol–water partition coefficient (Wildman–Crippen LogP) is 0.910. The minimum atomic E-state index is -0.891. The van der Waals surface area contributed by atoms with Crippen LogP contribution >= 0.6 is 0 Å². The molecule has 0 spiro atoms. The molecule has 2 amide bonds. The van der Waals surface area contributed by atoms with Crippen molar-refractivity contribution in [3.8, 4) is 0 Å². The van der Waals surface area contributed by atoms with E-state index in [9.17, 15) is 9.59 Å². The fourth-order valence-electron chi connectivity index (χ4n) is 3.17. The highest BCUT2D eigenvalue weighted by Crippen LogP contribution is 2.51. The first kappa shape index (κ1) is 11.3. The van der Waals surface area contributed by atoms with Crippen molar-refractivity contribution in [3.05, 3.63) is 35.9 Å². The molecule has 4 rings (SSSR count). The average molecular weight is 244 g/mol. The molecule has 0 atom stereocenters. The van der Waals surface area contributed by atoms with E-state index in [4.69, 9.17) is 5.73 Å². The highest BCUT2D eigenvalue weighted by atomic mass is 16.2. The molecule has 4 nitrogen and oxygen atoms in total. The molecule has 2 heterocycles. The topological polar surface area (TPSA) is 63.4 Å². The van der Waals surface area contributed by atoms with Crippen LogP contribution in [0.2, 0.25) is 0 Å². The summed E-state index contributed by atoms with van der Waals surface area (Å²) in [6, 6.07) is 9.83. The molecule has 1 saturated carbocycles. The number of amides is 2. The molecule has 0 aromatic heterocycles. The largest absolute Gasteiger partial charge is 0.369 e. The first-order valence-electron chi connectivity index (χ1n) is 6.25. The van der Waals surface area contributed by atoms with E-state index in [0.717, 1.165) is 12.1 Å². The Hall–Kier alpha value is -1.84. The van der Waals surface area contributed by atoms with Gasteiger partial charge >= 0.3 is 0 Å². The standard InChI is InChI=1S/C14H16N2O2/c15-12(17)14-6-11(7-14)9-16(13(14)18)8-10-4-2-1-3-5-10/h1-5,11H,6-9H2,(H2,15,17). The van der Waals surface area contributed by atoms with Crippen LogP contribution in [-0.4, -0.2) is 23.3 Å². The van der Waals surface area contributed by atoms with Gasteiger partial charge in [-0.05, 0) is 24.3 Å². The molecule has 1 aliphatic carbocycles. The fraction of sp³-hybridized carbons (Fsp3) is 0.429. The normalized spacial score (nSPS) is 29.9. The van der Waals surface area contributed by atoms with E-state index in [1.165, 1.54) is 0 Å². The quantitative estimate of drug-likeness (QED) is 0.803. The zero-order chi connectivity index (χ0) is 12.8. The molecule has 0 radical (unpaired) electrons. The summed E-state index contributed by atoms with van der Waals surface area (Å²) >= 11 is 0.